The molecule has 4 heteroatoms. The Morgan fingerprint density at radius 3 is 2.54 bits per heavy atom. The lowest BCUT2D eigenvalue weighted by Crippen LogP contribution is -2.60. The summed E-state index contributed by atoms with van der Waals surface area (Å²) in [5.41, 5.74) is 0.197. The van der Waals surface area contributed by atoms with Gasteiger partial charge in [0.05, 0.1) is 25.4 Å². The molecular formula is C22H26O4. The number of aliphatic hydroxyl groups is 2. The van der Waals surface area contributed by atoms with Crippen molar-refractivity contribution < 1.29 is 19.7 Å². The zero-order valence-electron chi connectivity index (χ0n) is 15.1. The highest BCUT2D eigenvalue weighted by molar-refractivity contribution is 5.40. The van der Waals surface area contributed by atoms with E-state index >= 15 is 0 Å². The molecule has 0 amide bonds. The minimum Gasteiger partial charge on any atom is -0.496 e. The molecule has 2 aromatic rings. The first-order valence-electron chi connectivity index (χ1n) is 9.28. The van der Waals surface area contributed by atoms with Crippen LogP contribution in [-0.2, 0) is 16.9 Å². The lowest BCUT2D eigenvalue weighted by atomic mass is 9.56. The summed E-state index contributed by atoms with van der Waals surface area (Å²) in [4.78, 5) is 0. The summed E-state index contributed by atoms with van der Waals surface area (Å²) < 4.78 is 11.8. The Hall–Kier alpha value is -1.88. The normalized spacial score (nSPS) is 33.2. The molecule has 0 radical (unpaired) electrons. The molecule has 4 atom stereocenters. The van der Waals surface area contributed by atoms with Crippen LogP contribution < -0.4 is 4.74 Å². The van der Waals surface area contributed by atoms with Gasteiger partial charge in [0, 0.05) is 24.3 Å². The summed E-state index contributed by atoms with van der Waals surface area (Å²) in [6.45, 7) is 0.486. The van der Waals surface area contributed by atoms with Gasteiger partial charge in [-0.25, -0.2) is 0 Å². The Morgan fingerprint density at radius 2 is 1.81 bits per heavy atom. The van der Waals surface area contributed by atoms with Crippen molar-refractivity contribution in [2.24, 2.45) is 5.92 Å². The number of hydrogen-bond donors (Lipinski definition) is 2. The largest absolute Gasteiger partial charge is 0.496 e. The van der Waals surface area contributed by atoms with Gasteiger partial charge in [-0.1, -0.05) is 48.5 Å². The maximum atomic E-state index is 11.7. The molecule has 3 aliphatic rings. The van der Waals surface area contributed by atoms with E-state index in [0.717, 1.165) is 24.0 Å². The average molecular weight is 354 g/mol. The Kier molecular flexibility index (Phi) is 4.51. The first-order chi connectivity index (χ1) is 12.6. The molecule has 0 saturated heterocycles. The minimum absolute atomic E-state index is 0.194. The van der Waals surface area contributed by atoms with Crippen LogP contribution in [0, 0.1) is 5.92 Å². The van der Waals surface area contributed by atoms with Gasteiger partial charge < -0.3 is 19.7 Å². The fourth-order valence-electron chi connectivity index (χ4n) is 4.87. The summed E-state index contributed by atoms with van der Waals surface area (Å²) in [6.07, 6.45) is 2.07. The zero-order valence-corrected chi connectivity index (χ0v) is 15.1. The first kappa shape index (κ1) is 17.5. The molecule has 2 bridgehead atoms. The van der Waals surface area contributed by atoms with Crippen LogP contribution >= 0.6 is 0 Å². The van der Waals surface area contributed by atoms with Gasteiger partial charge in [0.2, 0.25) is 0 Å². The molecule has 2 N–H and O–H groups in total. The maximum absolute atomic E-state index is 11.7. The summed E-state index contributed by atoms with van der Waals surface area (Å²) in [7, 11) is 1.61. The molecule has 0 unspecified atom stereocenters. The van der Waals surface area contributed by atoms with Crippen molar-refractivity contribution in [2.45, 2.75) is 49.6 Å². The van der Waals surface area contributed by atoms with Crippen molar-refractivity contribution >= 4 is 0 Å². The number of fused-ring (bicyclic) bond motifs is 3. The molecule has 0 spiro atoms. The van der Waals surface area contributed by atoms with E-state index in [-0.39, 0.29) is 5.92 Å². The second-order valence-corrected chi connectivity index (χ2v) is 7.68. The quantitative estimate of drug-likeness (QED) is 0.864. The van der Waals surface area contributed by atoms with Gasteiger partial charge in [-0.05, 0) is 24.5 Å². The van der Waals surface area contributed by atoms with E-state index in [4.69, 9.17) is 9.47 Å². The highest BCUT2D eigenvalue weighted by atomic mass is 16.5. The molecule has 5 rings (SSSR count). The van der Waals surface area contributed by atoms with Gasteiger partial charge in [-0.2, -0.15) is 0 Å². The monoisotopic (exact) mass is 354 g/mol. The highest BCUT2D eigenvalue weighted by Gasteiger charge is 2.59. The number of rotatable bonds is 5. The van der Waals surface area contributed by atoms with Crippen LogP contribution in [0.25, 0.3) is 0 Å². The van der Waals surface area contributed by atoms with Crippen molar-refractivity contribution in [1.82, 2.24) is 0 Å². The molecule has 2 aromatic carbocycles. The van der Waals surface area contributed by atoms with Gasteiger partial charge in [-0.3, -0.25) is 0 Å². The number of ether oxygens (including phenoxy) is 2. The molecule has 4 nitrogen and oxygen atoms in total. The first-order valence-corrected chi connectivity index (χ1v) is 9.28. The van der Waals surface area contributed by atoms with E-state index in [0.29, 0.717) is 25.2 Å². The fraction of sp³-hybridized carbons (Fsp3) is 0.455. The predicted molar refractivity (Wildman–Crippen MR) is 98.8 cm³/mol. The van der Waals surface area contributed by atoms with Crippen LogP contribution in [0.2, 0.25) is 0 Å². The molecule has 3 fully saturated rings. The summed E-state index contributed by atoms with van der Waals surface area (Å²) in [6, 6.07) is 17.6. The molecule has 26 heavy (non-hydrogen) atoms. The number of para-hydroxylation sites is 1. The topological polar surface area (TPSA) is 58.9 Å². The van der Waals surface area contributed by atoms with E-state index in [1.807, 2.05) is 54.6 Å². The molecule has 0 heterocycles. The Balaban J connectivity index is 1.64. The Morgan fingerprint density at radius 1 is 1.08 bits per heavy atom. The summed E-state index contributed by atoms with van der Waals surface area (Å²) >= 11 is 0. The third-order valence-corrected chi connectivity index (χ3v) is 6.12. The van der Waals surface area contributed by atoms with E-state index in [2.05, 4.69) is 0 Å². The molecule has 0 aliphatic heterocycles. The van der Waals surface area contributed by atoms with Gasteiger partial charge in [0.25, 0.3) is 0 Å². The second kappa shape index (κ2) is 6.69. The van der Waals surface area contributed by atoms with Gasteiger partial charge in [-0.15, -0.1) is 0 Å². The van der Waals surface area contributed by atoms with Crippen LogP contribution in [0.1, 0.15) is 36.8 Å². The fourth-order valence-corrected chi connectivity index (χ4v) is 4.87. The van der Waals surface area contributed by atoms with Gasteiger partial charge in [0.1, 0.15) is 11.4 Å². The van der Waals surface area contributed by atoms with Crippen molar-refractivity contribution in [1.29, 1.82) is 0 Å². The van der Waals surface area contributed by atoms with Crippen LogP contribution in [0.5, 0.6) is 5.75 Å². The standard InChI is InChI=1S/C22H26O4/c1-25-20-10-6-5-9-18(20)22(24)15-21(12-11-17(22)19(23)13-21)26-14-16-7-3-2-4-8-16/h2-10,17,19,23-24H,11-15H2,1H3/t17-,19+,21-,22-/m1/s1. The molecule has 3 aliphatic carbocycles. The van der Waals surface area contributed by atoms with Crippen molar-refractivity contribution in [3.63, 3.8) is 0 Å². The van der Waals surface area contributed by atoms with E-state index in [9.17, 15) is 10.2 Å². The SMILES string of the molecule is COc1ccccc1[C@@]1(O)C[C@@]2(OCc3ccccc3)CC[C@@H]1[C@@H](O)C2. The third kappa shape index (κ3) is 2.92. The van der Waals surface area contributed by atoms with Crippen molar-refractivity contribution in [3.8, 4) is 5.75 Å². The third-order valence-electron chi connectivity index (χ3n) is 6.12. The van der Waals surface area contributed by atoms with E-state index in [1.165, 1.54) is 0 Å². The average Bonchev–Trinajstić information content (AvgIpc) is 2.67. The van der Waals surface area contributed by atoms with Crippen LogP contribution in [-0.4, -0.2) is 29.0 Å². The summed E-state index contributed by atoms with van der Waals surface area (Å²) in [5, 5.41) is 22.4. The number of aliphatic hydroxyl groups excluding tert-OH is 1. The highest BCUT2D eigenvalue weighted by Crippen LogP contribution is 2.57. The van der Waals surface area contributed by atoms with Gasteiger partial charge >= 0.3 is 0 Å². The molecule has 3 saturated carbocycles. The smallest absolute Gasteiger partial charge is 0.124 e. The maximum Gasteiger partial charge on any atom is 0.124 e. The lowest BCUT2D eigenvalue weighted by Gasteiger charge is -2.57. The number of methoxy groups -OCH3 is 1. The molecule has 0 aromatic heterocycles. The van der Waals surface area contributed by atoms with Crippen LogP contribution in [0.4, 0.5) is 0 Å². The lowest BCUT2D eigenvalue weighted by molar-refractivity contribution is -0.240. The molecular weight excluding hydrogens is 328 g/mol. The Labute approximate surface area is 154 Å². The zero-order chi connectivity index (χ0) is 18.2. The van der Waals surface area contributed by atoms with Crippen LogP contribution in [0.3, 0.4) is 0 Å². The number of benzene rings is 2. The molecule has 138 valence electrons. The van der Waals surface area contributed by atoms with E-state index < -0.39 is 17.3 Å². The van der Waals surface area contributed by atoms with Crippen molar-refractivity contribution in [2.75, 3.05) is 7.11 Å². The van der Waals surface area contributed by atoms with Crippen LogP contribution in [0.15, 0.2) is 54.6 Å². The van der Waals surface area contributed by atoms with Crippen molar-refractivity contribution in [3.05, 3.63) is 65.7 Å². The summed E-state index contributed by atoms with van der Waals surface area (Å²) in [5.74, 6) is 0.467. The second-order valence-electron chi connectivity index (χ2n) is 7.68. The number of hydrogen-bond acceptors (Lipinski definition) is 4. The van der Waals surface area contributed by atoms with Gasteiger partial charge in [0.15, 0.2) is 0 Å². The predicted octanol–water partition coefficient (Wildman–Crippen LogP) is 3.40. The van der Waals surface area contributed by atoms with E-state index in [1.54, 1.807) is 7.11 Å². The minimum atomic E-state index is -1.14. The Bertz CT molecular complexity index is 762.